The number of piperidine rings is 1. The fourth-order valence-corrected chi connectivity index (χ4v) is 7.76. The summed E-state index contributed by atoms with van der Waals surface area (Å²) in [6, 6.07) is 10.9. The van der Waals surface area contributed by atoms with Gasteiger partial charge in [0.25, 0.3) is 11.8 Å². The molecule has 1 aliphatic carbocycles. The van der Waals surface area contributed by atoms with Crippen molar-refractivity contribution in [3.05, 3.63) is 58.7 Å². The molecule has 12 nitrogen and oxygen atoms in total. The number of aliphatic hydroxyl groups excluding tert-OH is 3. The Hall–Kier alpha value is -3.75. The van der Waals surface area contributed by atoms with Crippen LogP contribution in [0.3, 0.4) is 0 Å². The lowest BCUT2D eigenvalue weighted by atomic mass is 9.81. The van der Waals surface area contributed by atoms with E-state index in [4.69, 9.17) is 4.74 Å². The largest absolute Gasteiger partial charge is 0.497 e. The van der Waals surface area contributed by atoms with Crippen LogP contribution in [0.1, 0.15) is 59.5 Å². The Labute approximate surface area is 274 Å². The quantitative estimate of drug-likeness (QED) is 0.299. The van der Waals surface area contributed by atoms with Gasteiger partial charge in [-0.2, -0.15) is 12.7 Å². The van der Waals surface area contributed by atoms with Crippen molar-refractivity contribution in [2.45, 2.75) is 56.8 Å². The molecular weight excluding hydrogens is 624 g/mol. The molecule has 2 aliphatic heterocycles. The number of nitrogens with zero attached hydrogens (tertiary/aromatic N) is 3. The fourth-order valence-electron chi connectivity index (χ4n) is 7.23. The number of likely N-dealkylation sites (tertiary alicyclic amines) is 1. The Balaban J connectivity index is 1.54. The third-order valence-corrected chi connectivity index (χ3v) is 11.2. The second-order valence-electron chi connectivity index (χ2n) is 13.0. The molecule has 2 aromatic carbocycles. The van der Waals surface area contributed by atoms with Gasteiger partial charge in [0.05, 0.1) is 38.2 Å². The summed E-state index contributed by atoms with van der Waals surface area (Å²) in [5.41, 5.74) is 5.01. The highest BCUT2D eigenvalue weighted by Crippen LogP contribution is 2.47. The van der Waals surface area contributed by atoms with Crippen LogP contribution in [0, 0.1) is 5.92 Å². The molecule has 0 bridgehead atoms. The molecule has 2 amide bonds. The number of β-amino-alcohol motifs (C(OH)–C–C–N with tert-alkyl or cyclic N) is 1. The molecule has 3 aliphatic rings. The SMILES string of the molecule is COc1ccc2c(c1)C=C(C(=O)N1CC(CO)[C@@H](O)[C@H](O)C1)Cn1c-2c(C2CCCCC2)c2ccc(C(=O)NS(=O)(=O)N(C)C)cc21. The van der Waals surface area contributed by atoms with Crippen LogP contribution >= 0.6 is 0 Å². The summed E-state index contributed by atoms with van der Waals surface area (Å²) < 4.78 is 35.6. The Morgan fingerprint density at radius 3 is 2.47 bits per heavy atom. The highest BCUT2D eigenvalue weighted by atomic mass is 32.2. The lowest BCUT2D eigenvalue weighted by molar-refractivity contribution is -0.139. The molecule has 2 fully saturated rings. The molecule has 3 heterocycles. The van der Waals surface area contributed by atoms with E-state index in [9.17, 15) is 33.3 Å². The minimum Gasteiger partial charge on any atom is -0.497 e. The van der Waals surface area contributed by atoms with Crippen molar-refractivity contribution in [2.24, 2.45) is 5.92 Å². The molecule has 1 aromatic heterocycles. The Bertz CT molecular complexity index is 1840. The van der Waals surface area contributed by atoms with Crippen LogP contribution in [0.2, 0.25) is 0 Å². The second kappa shape index (κ2) is 13.0. The Morgan fingerprint density at radius 2 is 1.79 bits per heavy atom. The van der Waals surface area contributed by atoms with Crippen LogP contribution in [0.15, 0.2) is 42.0 Å². The average molecular weight is 667 g/mol. The fraction of sp³-hybridized carbons (Fsp3) is 0.471. The van der Waals surface area contributed by atoms with E-state index in [1.165, 1.54) is 19.0 Å². The summed E-state index contributed by atoms with van der Waals surface area (Å²) in [5.74, 6) is -0.942. The highest BCUT2D eigenvalue weighted by molar-refractivity contribution is 7.87. The van der Waals surface area contributed by atoms with Crippen LogP contribution in [0.5, 0.6) is 5.75 Å². The first-order chi connectivity index (χ1) is 22.4. The third kappa shape index (κ3) is 6.18. The van der Waals surface area contributed by atoms with Gasteiger partial charge in [-0.15, -0.1) is 0 Å². The number of hydrogen-bond acceptors (Lipinski definition) is 8. The highest BCUT2D eigenvalue weighted by Gasteiger charge is 2.38. The summed E-state index contributed by atoms with van der Waals surface area (Å²) in [5, 5.41) is 31.7. The van der Waals surface area contributed by atoms with Crippen LogP contribution in [-0.2, 0) is 21.5 Å². The van der Waals surface area contributed by atoms with Gasteiger partial charge in [-0.3, -0.25) is 9.59 Å². The zero-order valence-electron chi connectivity index (χ0n) is 26.8. The first-order valence-corrected chi connectivity index (χ1v) is 17.4. The van der Waals surface area contributed by atoms with Crippen molar-refractivity contribution in [1.29, 1.82) is 0 Å². The molecule has 0 spiro atoms. The molecule has 252 valence electrons. The molecule has 13 heteroatoms. The number of benzene rings is 2. The van der Waals surface area contributed by atoms with E-state index in [-0.39, 0.29) is 43.6 Å². The normalized spacial score (nSPS) is 22.0. The first kappa shape index (κ1) is 33.2. The third-order valence-electron chi connectivity index (χ3n) is 9.79. The number of nitrogens with one attached hydrogen (secondary N) is 1. The van der Waals surface area contributed by atoms with E-state index in [0.29, 0.717) is 16.8 Å². The number of rotatable bonds is 7. The minimum atomic E-state index is -4.03. The number of carbonyl (C=O) groups excluding carboxylic acids is 2. The van der Waals surface area contributed by atoms with Crippen molar-refractivity contribution in [3.63, 3.8) is 0 Å². The van der Waals surface area contributed by atoms with Gasteiger partial charge in [0, 0.05) is 60.7 Å². The Kier molecular flexibility index (Phi) is 9.20. The van der Waals surface area contributed by atoms with Gasteiger partial charge in [0.2, 0.25) is 0 Å². The summed E-state index contributed by atoms with van der Waals surface area (Å²) in [6.45, 7) is -0.260. The molecule has 1 unspecified atom stereocenters. The predicted molar refractivity (Wildman–Crippen MR) is 177 cm³/mol. The number of aliphatic hydroxyl groups is 3. The van der Waals surface area contributed by atoms with E-state index >= 15 is 0 Å². The number of methoxy groups -OCH3 is 1. The van der Waals surface area contributed by atoms with Gasteiger partial charge in [-0.05, 0) is 66.3 Å². The van der Waals surface area contributed by atoms with E-state index in [2.05, 4.69) is 4.72 Å². The van der Waals surface area contributed by atoms with Crippen molar-refractivity contribution in [1.82, 2.24) is 18.5 Å². The molecule has 47 heavy (non-hydrogen) atoms. The first-order valence-electron chi connectivity index (χ1n) is 16.0. The standard InChI is InChI=1S/C34H42N4O8S/c1-36(2)47(44,45)35-33(42)21-9-11-27-28(15-21)38-17-23(34(43)37-16-24(19-39)32(41)29(40)18-37)13-22-14-25(46-3)10-12-26(22)31(38)30(27)20-7-5-4-6-8-20/h9-15,20,24,29,32,39-41H,4-8,16-19H2,1-3H3,(H,35,42)/t24?,29-,32-/m1/s1. The molecule has 4 N–H and O–H groups in total. The minimum absolute atomic E-state index is 0.0765. The van der Waals surface area contributed by atoms with Gasteiger partial charge in [-0.25, -0.2) is 4.72 Å². The zero-order valence-corrected chi connectivity index (χ0v) is 27.7. The smallest absolute Gasteiger partial charge is 0.303 e. The number of fused-ring (bicyclic) bond motifs is 5. The molecule has 1 saturated heterocycles. The maximum atomic E-state index is 14.2. The van der Waals surface area contributed by atoms with Crippen LogP contribution in [0.4, 0.5) is 0 Å². The van der Waals surface area contributed by atoms with E-state index in [1.807, 2.05) is 34.9 Å². The maximum absolute atomic E-state index is 14.2. The summed E-state index contributed by atoms with van der Waals surface area (Å²) in [7, 11) is 0.227. The van der Waals surface area contributed by atoms with Gasteiger partial charge < -0.3 is 29.5 Å². The molecule has 3 atom stereocenters. The van der Waals surface area contributed by atoms with E-state index in [0.717, 1.165) is 64.2 Å². The lowest BCUT2D eigenvalue weighted by Crippen LogP contribution is -2.55. The van der Waals surface area contributed by atoms with E-state index < -0.39 is 34.2 Å². The molecule has 3 aromatic rings. The molecule has 1 saturated carbocycles. The molecule has 6 rings (SSSR count). The van der Waals surface area contributed by atoms with Crippen LogP contribution < -0.4 is 9.46 Å². The predicted octanol–water partition coefficient (Wildman–Crippen LogP) is 2.47. The number of hydrogen-bond donors (Lipinski definition) is 4. The summed E-state index contributed by atoms with van der Waals surface area (Å²) in [4.78, 5) is 28.9. The average Bonchev–Trinajstić information content (AvgIpc) is 3.27. The van der Waals surface area contributed by atoms with Crippen molar-refractivity contribution >= 4 is 39.0 Å². The molecule has 0 radical (unpaired) electrons. The Morgan fingerprint density at radius 1 is 1.04 bits per heavy atom. The van der Waals surface area contributed by atoms with Gasteiger partial charge in [0.15, 0.2) is 0 Å². The van der Waals surface area contributed by atoms with Crippen molar-refractivity contribution in [3.8, 4) is 17.0 Å². The van der Waals surface area contributed by atoms with Gasteiger partial charge in [0.1, 0.15) is 5.75 Å². The topological polar surface area (TPSA) is 162 Å². The van der Waals surface area contributed by atoms with E-state index in [1.54, 1.807) is 19.2 Å². The number of aromatic nitrogens is 1. The monoisotopic (exact) mass is 666 g/mol. The number of carbonyl (C=O) groups is 2. The lowest BCUT2D eigenvalue weighted by Gasteiger charge is -2.39. The molecular formula is C34H42N4O8S. The zero-order chi connectivity index (χ0) is 33.6. The maximum Gasteiger partial charge on any atom is 0.303 e. The van der Waals surface area contributed by atoms with Crippen molar-refractivity contribution in [2.75, 3.05) is 40.9 Å². The summed E-state index contributed by atoms with van der Waals surface area (Å²) in [6.07, 6.45) is 4.82. The number of ether oxygens (including phenoxy) is 1. The van der Waals surface area contributed by atoms with Gasteiger partial charge in [-0.1, -0.05) is 25.3 Å². The van der Waals surface area contributed by atoms with Crippen molar-refractivity contribution < 1.29 is 38.1 Å². The number of amides is 2. The summed E-state index contributed by atoms with van der Waals surface area (Å²) >= 11 is 0. The van der Waals surface area contributed by atoms with Crippen LogP contribution in [0.25, 0.3) is 28.2 Å². The second-order valence-corrected chi connectivity index (χ2v) is 14.9. The van der Waals surface area contributed by atoms with Crippen LogP contribution in [-0.4, -0.2) is 102 Å². The van der Waals surface area contributed by atoms with Gasteiger partial charge >= 0.3 is 10.2 Å².